The van der Waals surface area contributed by atoms with Gasteiger partial charge < -0.3 is 15.0 Å². The molecule has 0 radical (unpaired) electrons. The lowest BCUT2D eigenvalue weighted by molar-refractivity contribution is -0.120. The summed E-state index contributed by atoms with van der Waals surface area (Å²) in [7, 11) is 1.61. The molecule has 0 saturated heterocycles. The molecule has 5 aromatic rings. The molecule has 0 fully saturated rings. The van der Waals surface area contributed by atoms with Crippen LogP contribution in [0.4, 0.5) is 5.69 Å². The van der Waals surface area contributed by atoms with Crippen molar-refractivity contribution in [2.75, 3.05) is 39.2 Å². The molecule has 2 N–H and O–H groups in total. The Bertz CT molecular complexity index is 2000. The van der Waals surface area contributed by atoms with Crippen LogP contribution in [0.3, 0.4) is 0 Å². The van der Waals surface area contributed by atoms with Crippen LogP contribution in [0.25, 0.3) is 21.7 Å². The van der Waals surface area contributed by atoms with E-state index in [9.17, 15) is 18.0 Å². The van der Waals surface area contributed by atoms with Crippen molar-refractivity contribution in [3.05, 3.63) is 101 Å². The van der Waals surface area contributed by atoms with Crippen molar-refractivity contribution in [2.24, 2.45) is 0 Å². The molecule has 5 rings (SSSR count). The second-order valence-electron chi connectivity index (χ2n) is 10.9. The van der Waals surface area contributed by atoms with Crippen molar-refractivity contribution in [1.82, 2.24) is 14.6 Å². The van der Waals surface area contributed by atoms with E-state index >= 15 is 0 Å². The van der Waals surface area contributed by atoms with Crippen LogP contribution in [0, 0.1) is 6.92 Å². The molecule has 1 aromatic heterocycles. The number of sulfonamides is 1. The summed E-state index contributed by atoms with van der Waals surface area (Å²) >= 11 is 6.02. The van der Waals surface area contributed by atoms with E-state index in [-0.39, 0.29) is 36.2 Å². The zero-order chi connectivity index (χ0) is 32.3. The molecule has 4 aromatic carbocycles. The summed E-state index contributed by atoms with van der Waals surface area (Å²) in [5.74, 6) is 0.131. The highest BCUT2D eigenvalue weighted by Gasteiger charge is 2.22. The summed E-state index contributed by atoms with van der Waals surface area (Å²) in [6, 6.07) is 22.9. The maximum atomic E-state index is 13.5. The molecular weight excluding hydrogens is 612 g/mol. The average Bonchev–Trinajstić information content (AvgIpc) is 3.29. The Labute approximate surface area is 267 Å². The number of carbonyl (C=O) groups excluding carboxylic acids is 2. The zero-order valence-electron chi connectivity index (χ0n) is 25.6. The van der Waals surface area contributed by atoms with Crippen molar-refractivity contribution in [3.8, 4) is 5.75 Å². The van der Waals surface area contributed by atoms with Gasteiger partial charge in [-0.25, -0.2) is 13.1 Å². The summed E-state index contributed by atoms with van der Waals surface area (Å²) in [6.45, 7) is 2.23. The fourth-order valence-electron chi connectivity index (χ4n) is 5.51. The van der Waals surface area contributed by atoms with Gasteiger partial charge in [-0.05, 0) is 73.5 Å². The van der Waals surface area contributed by atoms with Crippen molar-refractivity contribution in [3.63, 3.8) is 0 Å². The van der Waals surface area contributed by atoms with Gasteiger partial charge in [0.1, 0.15) is 5.75 Å². The van der Waals surface area contributed by atoms with E-state index < -0.39 is 10.0 Å². The lowest BCUT2D eigenvalue weighted by Gasteiger charge is -2.17. The van der Waals surface area contributed by atoms with Gasteiger partial charge in [0, 0.05) is 65.3 Å². The number of anilines is 1. The molecule has 0 aliphatic rings. The number of methoxy groups -OCH3 is 1. The SMILES string of the molecule is COc1ccc2c(c1)c(CC(=O)NCCCNS(=O)(=O)c1cccc3c(N(C)C)cccc13)c(C)n2C(=O)c1ccc(Cl)cc1. The number of halogens is 1. The minimum atomic E-state index is -3.78. The van der Waals surface area contributed by atoms with Gasteiger partial charge >= 0.3 is 0 Å². The number of benzene rings is 4. The third kappa shape index (κ3) is 6.68. The summed E-state index contributed by atoms with van der Waals surface area (Å²) in [5.41, 5.74) is 3.41. The van der Waals surface area contributed by atoms with E-state index in [1.165, 1.54) is 0 Å². The Balaban J connectivity index is 1.26. The number of rotatable bonds is 11. The Morgan fingerprint density at radius 2 is 1.62 bits per heavy atom. The first kappa shape index (κ1) is 32.0. The minimum absolute atomic E-state index is 0.0341. The molecule has 0 spiro atoms. The van der Waals surface area contributed by atoms with Gasteiger partial charge in [-0.1, -0.05) is 35.9 Å². The monoisotopic (exact) mass is 646 g/mol. The van der Waals surface area contributed by atoms with Gasteiger partial charge in [-0.2, -0.15) is 0 Å². The van der Waals surface area contributed by atoms with Crippen molar-refractivity contribution >= 4 is 60.8 Å². The maximum Gasteiger partial charge on any atom is 0.262 e. The summed E-state index contributed by atoms with van der Waals surface area (Å²) in [6.07, 6.45) is 0.425. The van der Waals surface area contributed by atoms with E-state index in [2.05, 4.69) is 10.0 Å². The molecule has 0 saturated carbocycles. The second-order valence-corrected chi connectivity index (χ2v) is 13.1. The van der Waals surface area contributed by atoms with Crippen molar-refractivity contribution in [1.29, 1.82) is 0 Å². The number of hydrogen-bond acceptors (Lipinski definition) is 6. The van der Waals surface area contributed by atoms with Crippen molar-refractivity contribution in [2.45, 2.75) is 24.7 Å². The Morgan fingerprint density at radius 3 is 2.33 bits per heavy atom. The number of ether oxygens (including phenoxy) is 1. The quantitative estimate of drug-likeness (QED) is 0.182. The largest absolute Gasteiger partial charge is 0.497 e. The Kier molecular flexibility index (Phi) is 9.48. The fraction of sp³-hybridized carbons (Fsp3) is 0.235. The highest BCUT2D eigenvalue weighted by Crippen LogP contribution is 2.32. The van der Waals surface area contributed by atoms with E-state index in [0.717, 1.165) is 16.5 Å². The number of nitrogens with one attached hydrogen (secondary N) is 2. The van der Waals surface area contributed by atoms with Gasteiger partial charge in [0.05, 0.1) is 23.9 Å². The lowest BCUT2D eigenvalue weighted by atomic mass is 10.1. The van der Waals surface area contributed by atoms with Gasteiger partial charge in [0.2, 0.25) is 15.9 Å². The van der Waals surface area contributed by atoms with Gasteiger partial charge in [-0.15, -0.1) is 0 Å². The van der Waals surface area contributed by atoms with Gasteiger partial charge in [0.25, 0.3) is 5.91 Å². The van der Waals surface area contributed by atoms with Crippen LogP contribution in [0.15, 0.2) is 83.8 Å². The first-order chi connectivity index (χ1) is 21.5. The average molecular weight is 647 g/mol. The first-order valence-electron chi connectivity index (χ1n) is 14.5. The number of hydrogen-bond donors (Lipinski definition) is 2. The Hall–Kier alpha value is -4.38. The van der Waals surface area contributed by atoms with Gasteiger partial charge in [-0.3, -0.25) is 14.2 Å². The summed E-state index contributed by atoms with van der Waals surface area (Å²) in [5, 5.41) is 5.65. The molecule has 234 valence electrons. The molecular formula is C34H35ClN4O5S. The highest BCUT2D eigenvalue weighted by atomic mass is 35.5. The van der Waals surface area contributed by atoms with Crippen LogP contribution in [0.2, 0.25) is 5.02 Å². The zero-order valence-corrected chi connectivity index (χ0v) is 27.1. The number of fused-ring (bicyclic) bond motifs is 2. The molecule has 0 atom stereocenters. The predicted octanol–water partition coefficient (Wildman–Crippen LogP) is 5.55. The third-order valence-electron chi connectivity index (χ3n) is 7.77. The summed E-state index contributed by atoms with van der Waals surface area (Å²) < 4.78 is 36.1. The number of aromatic nitrogens is 1. The van der Waals surface area contributed by atoms with E-state index in [4.69, 9.17) is 16.3 Å². The molecule has 0 unspecified atom stereocenters. The molecule has 1 amide bonds. The van der Waals surface area contributed by atoms with E-state index in [1.54, 1.807) is 66.3 Å². The number of carbonyl (C=O) groups is 2. The van der Waals surface area contributed by atoms with Gasteiger partial charge in [0.15, 0.2) is 0 Å². The fourth-order valence-corrected chi connectivity index (χ4v) is 6.93. The molecule has 9 nitrogen and oxygen atoms in total. The normalized spacial score (nSPS) is 11.6. The van der Waals surface area contributed by atoms with Crippen LogP contribution < -0.4 is 19.7 Å². The summed E-state index contributed by atoms with van der Waals surface area (Å²) in [4.78, 5) is 28.8. The van der Waals surface area contributed by atoms with Crippen molar-refractivity contribution < 1.29 is 22.7 Å². The topological polar surface area (TPSA) is 110 Å². The third-order valence-corrected chi connectivity index (χ3v) is 9.54. The van der Waals surface area contributed by atoms with E-state index in [1.807, 2.05) is 50.2 Å². The Morgan fingerprint density at radius 1 is 0.911 bits per heavy atom. The molecule has 0 aliphatic carbocycles. The van der Waals surface area contributed by atoms with Crippen LogP contribution in [-0.4, -0.2) is 59.1 Å². The molecule has 1 heterocycles. The van der Waals surface area contributed by atoms with Crippen LogP contribution >= 0.6 is 11.6 Å². The molecule has 45 heavy (non-hydrogen) atoms. The molecule has 0 bridgehead atoms. The smallest absolute Gasteiger partial charge is 0.262 e. The van der Waals surface area contributed by atoms with Crippen LogP contribution in [0.5, 0.6) is 5.75 Å². The predicted molar refractivity (Wildman–Crippen MR) is 179 cm³/mol. The molecule has 0 aliphatic heterocycles. The standard InChI is InChI=1S/C34H35ClN4O5S/c1-22-28(29-20-25(44-4)16-17-31(29)39(22)34(41)23-12-14-24(35)15-13-23)21-33(40)36-18-7-19-37-45(42,43)32-11-6-8-26-27(32)9-5-10-30(26)38(2)3/h5-6,8-17,20,37H,7,18-19,21H2,1-4H3,(H,36,40). The minimum Gasteiger partial charge on any atom is -0.497 e. The molecule has 11 heteroatoms. The van der Waals surface area contributed by atoms with Crippen LogP contribution in [-0.2, 0) is 21.2 Å². The number of nitrogens with zero attached hydrogens (tertiary/aromatic N) is 2. The highest BCUT2D eigenvalue weighted by molar-refractivity contribution is 7.89. The number of amides is 1. The second kappa shape index (κ2) is 13.3. The van der Waals surface area contributed by atoms with E-state index in [0.29, 0.717) is 44.9 Å². The maximum absolute atomic E-state index is 13.5. The van der Waals surface area contributed by atoms with Crippen LogP contribution in [0.1, 0.15) is 28.0 Å². The lowest BCUT2D eigenvalue weighted by Crippen LogP contribution is -2.31. The first-order valence-corrected chi connectivity index (χ1v) is 16.3.